The van der Waals surface area contributed by atoms with Gasteiger partial charge in [-0.15, -0.1) is 23.7 Å². The van der Waals surface area contributed by atoms with Crippen LogP contribution in [0.25, 0.3) is 11.3 Å². The van der Waals surface area contributed by atoms with Crippen LogP contribution in [-0.4, -0.2) is 30.1 Å². The van der Waals surface area contributed by atoms with Gasteiger partial charge < -0.3 is 20.5 Å². The summed E-state index contributed by atoms with van der Waals surface area (Å²) < 4.78 is 11.0. The molecule has 0 aliphatic carbocycles. The Kier molecular flexibility index (Phi) is 5.23. The van der Waals surface area contributed by atoms with Gasteiger partial charge >= 0.3 is 0 Å². The third-order valence-electron chi connectivity index (χ3n) is 2.99. The van der Waals surface area contributed by atoms with Crippen LogP contribution in [0.15, 0.2) is 23.6 Å². The normalized spacial score (nSPS) is 13.9. The number of rotatable bonds is 3. The average Bonchev–Trinajstić information content (AvgIpc) is 2.95. The van der Waals surface area contributed by atoms with Crippen LogP contribution in [0.5, 0.6) is 11.5 Å². The molecule has 0 fully saturated rings. The van der Waals surface area contributed by atoms with E-state index in [0.29, 0.717) is 24.1 Å². The molecular weight excluding hydrogens is 326 g/mol. The first-order valence-corrected chi connectivity index (χ1v) is 7.43. The zero-order valence-corrected chi connectivity index (χ0v) is 13.5. The number of halogens is 1. The van der Waals surface area contributed by atoms with Gasteiger partial charge in [-0.05, 0) is 25.1 Å². The molecule has 3 rings (SSSR count). The van der Waals surface area contributed by atoms with Crippen LogP contribution in [0.2, 0.25) is 0 Å². The fraction of sp³-hybridized carbons (Fsp3) is 0.286. The largest absolute Gasteiger partial charge is 0.486 e. The highest BCUT2D eigenvalue weighted by Crippen LogP contribution is 2.35. The quantitative estimate of drug-likeness (QED) is 0.894. The summed E-state index contributed by atoms with van der Waals surface area (Å²) in [5.74, 6) is 1.21. The van der Waals surface area contributed by atoms with Crippen molar-refractivity contribution < 1.29 is 14.3 Å². The summed E-state index contributed by atoms with van der Waals surface area (Å²) >= 11 is 1.36. The highest BCUT2D eigenvalue weighted by molar-refractivity contribution is 7.14. The Labute approximate surface area is 138 Å². The molecule has 22 heavy (non-hydrogen) atoms. The van der Waals surface area contributed by atoms with Gasteiger partial charge in [0.2, 0.25) is 5.91 Å². The van der Waals surface area contributed by atoms with Crippen molar-refractivity contribution in [3.63, 3.8) is 0 Å². The molecule has 0 saturated carbocycles. The van der Waals surface area contributed by atoms with Crippen molar-refractivity contribution in [2.24, 2.45) is 5.73 Å². The summed E-state index contributed by atoms with van der Waals surface area (Å²) in [5.41, 5.74) is 7.20. The van der Waals surface area contributed by atoms with Gasteiger partial charge in [-0.1, -0.05) is 0 Å². The van der Waals surface area contributed by atoms with Crippen molar-refractivity contribution in [3.8, 4) is 22.8 Å². The number of hydrogen-bond acceptors (Lipinski definition) is 6. The lowest BCUT2D eigenvalue weighted by atomic mass is 10.1. The van der Waals surface area contributed by atoms with E-state index in [4.69, 9.17) is 15.2 Å². The molecule has 3 N–H and O–H groups in total. The van der Waals surface area contributed by atoms with E-state index < -0.39 is 6.04 Å². The first-order chi connectivity index (χ1) is 10.1. The molecule has 2 heterocycles. The number of nitrogens with one attached hydrogen (secondary N) is 1. The van der Waals surface area contributed by atoms with E-state index in [1.165, 1.54) is 11.3 Å². The van der Waals surface area contributed by atoms with E-state index in [0.717, 1.165) is 17.0 Å². The minimum absolute atomic E-state index is 0. The topological polar surface area (TPSA) is 86.5 Å². The fourth-order valence-corrected chi connectivity index (χ4v) is 2.61. The van der Waals surface area contributed by atoms with Gasteiger partial charge in [0, 0.05) is 10.9 Å². The number of nitrogens with two attached hydrogens (primary N) is 1. The van der Waals surface area contributed by atoms with E-state index in [-0.39, 0.29) is 18.3 Å². The molecule has 1 aliphatic heterocycles. The Morgan fingerprint density at radius 3 is 2.82 bits per heavy atom. The van der Waals surface area contributed by atoms with E-state index in [2.05, 4.69) is 10.3 Å². The second kappa shape index (κ2) is 6.95. The third kappa shape index (κ3) is 3.49. The average molecular weight is 342 g/mol. The van der Waals surface area contributed by atoms with E-state index >= 15 is 0 Å². The van der Waals surface area contributed by atoms with Crippen molar-refractivity contribution in [2.75, 3.05) is 18.5 Å². The maximum Gasteiger partial charge on any atom is 0.242 e. The zero-order valence-electron chi connectivity index (χ0n) is 11.9. The first-order valence-electron chi connectivity index (χ1n) is 6.55. The van der Waals surface area contributed by atoms with Crippen molar-refractivity contribution in [2.45, 2.75) is 13.0 Å². The molecule has 1 aliphatic rings. The number of anilines is 1. The molecule has 8 heteroatoms. The van der Waals surface area contributed by atoms with Gasteiger partial charge in [0.1, 0.15) is 13.2 Å². The molecule has 0 saturated heterocycles. The van der Waals surface area contributed by atoms with Crippen LogP contribution in [0, 0.1) is 0 Å². The number of carbonyl (C=O) groups excluding carboxylic acids is 1. The number of fused-ring (bicyclic) bond motifs is 1. The number of hydrogen-bond donors (Lipinski definition) is 2. The minimum atomic E-state index is -0.563. The minimum Gasteiger partial charge on any atom is -0.486 e. The SMILES string of the molecule is CC(N)C(=O)Nc1nc(-c2ccc3c(c2)OCCO3)cs1.Cl. The van der Waals surface area contributed by atoms with Gasteiger partial charge in [-0.25, -0.2) is 4.98 Å². The molecule has 118 valence electrons. The highest BCUT2D eigenvalue weighted by atomic mass is 35.5. The first kappa shape index (κ1) is 16.5. The van der Waals surface area contributed by atoms with Crippen LogP contribution in [0.4, 0.5) is 5.13 Å². The molecule has 1 unspecified atom stereocenters. The van der Waals surface area contributed by atoms with Crippen LogP contribution < -0.4 is 20.5 Å². The van der Waals surface area contributed by atoms with Crippen LogP contribution in [0.1, 0.15) is 6.92 Å². The fourth-order valence-electron chi connectivity index (χ4n) is 1.89. The van der Waals surface area contributed by atoms with Crippen LogP contribution >= 0.6 is 23.7 Å². The number of nitrogens with zero attached hydrogens (tertiary/aromatic N) is 1. The third-order valence-corrected chi connectivity index (χ3v) is 3.74. The second-order valence-corrected chi connectivity index (χ2v) is 5.53. The monoisotopic (exact) mass is 341 g/mol. The number of ether oxygens (including phenoxy) is 2. The summed E-state index contributed by atoms with van der Waals surface area (Å²) in [7, 11) is 0. The van der Waals surface area contributed by atoms with Crippen molar-refractivity contribution >= 4 is 34.8 Å². The molecule has 0 bridgehead atoms. The molecule has 2 aromatic rings. The number of carbonyl (C=O) groups is 1. The predicted molar refractivity (Wildman–Crippen MR) is 88.1 cm³/mol. The summed E-state index contributed by atoms with van der Waals surface area (Å²) in [6, 6.07) is 5.11. The molecule has 6 nitrogen and oxygen atoms in total. The Hall–Kier alpha value is -1.83. The van der Waals surface area contributed by atoms with Gasteiger partial charge in [0.25, 0.3) is 0 Å². The molecular formula is C14H16ClN3O3S. The van der Waals surface area contributed by atoms with Gasteiger partial charge in [0.05, 0.1) is 11.7 Å². The highest BCUT2D eigenvalue weighted by Gasteiger charge is 2.15. The lowest BCUT2D eigenvalue weighted by molar-refractivity contribution is -0.117. The second-order valence-electron chi connectivity index (χ2n) is 4.67. The van der Waals surface area contributed by atoms with Gasteiger partial charge in [-0.3, -0.25) is 4.79 Å². The van der Waals surface area contributed by atoms with Crippen molar-refractivity contribution in [1.82, 2.24) is 4.98 Å². The van der Waals surface area contributed by atoms with E-state index in [9.17, 15) is 4.79 Å². The molecule has 0 radical (unpaired) electrons. The molecule has 1 aromatic heterocycles. The number of benzene rings is 1. The van der Waals surface area contributed by atoms with Crippen LogP contribution in [0.3, 0.4) is 0 Å². The van der Waals surface area contributed by atoms with Crippen molar-refractivity contribution in [1.29, 1.82) is 0 Å². The number of aromatic nitrogens is 1. The molecule has 1 atom stereocenters. The summed E-state index contributed by atoms with van der Waals surface area (Å²) in [6.45, 7) is 2.74. The van der Waals surface area contributed by atoms with Crippen LogP contribution in [-0.2, 0) is 4.79 Å². The Morgan fingerprint density at radius 1 is 1.36 bits per heavy atom. The number of amides is 1. The van der Waals surface area contributed by atoms with E-state index in [1.807, 2.05) is 23.6 Å². The van der Waals surface area contributed by atoms with E-state index in [1.54, 1.807) is 6.92 Å². The summed E-state index contributed by atoms with van der Waals surface area (Å²) in [6.07, 6.45) is 0. The standard InChI is InChI=1S/C14H15N3O3S.ClH/c1-8(15)13(18)17-14-16-10(7-21-14)9-2-3-11-12(6-9)20-5-4-19-11;/h2-3,6-8H,4-5,15H2,1H3,(H,16,17,18);1H. The summed E-state index contributed by atoms with van der Waals surface area (Å²) in [5, 5.41) is 5.09. The Bertz CT molecular complexity index is 675. The van der Waals surface area contributed by atoms with Gasteiger partial charge in [-0.2, -0.15) is 0 Å². The Balaban J connectivity index is 0.00000176. The molecule has 1 aromatic carbocycles. The van der Waals surface area contributed by atoms with Crippen molar-refractivity contribution in [3.05, 3.63) is 23.6 Å². The zero-order chi connectivity index (χ0) is 14.8. The lowest BCUT2D eigenvalue weighted by Crippen LogP contribution is -2.32. The predicted octanol–water partition coefficient (Wildman–Crippen LogP) is 2.29. The lowest BCUT2D eigenvalue weighted by Gasteiger charge is -2.18. The Morgan fingerprint density at radius 2 is 2.09 bits per heavy atom. The number of thiazole rings is 1. The maximum atomic E-state index is 11.5. The summed E-state index contributed by atoms with van der Waals surface area (Å²) in [4.78, 5) is 15.9. The van der Waals surface area contributed by atoms with Gasteiger partial charge in [0.15, 0.2) is 16.6 Å². The molecule has 0 spiro atoms. The molecule has 1 amide bonds. The smallest absolute Gasteiger partial charge is 0.242 e. The maximum absolute atomic E-state index is 11.5.